The molecule has 0 saturated carbocycles. The fourth-order valence-electron chi connectivity index (χ4n) is 3.72. The van der Waals surface area contributed by atoms with Gasteiger partial charge in [0, 0.05) is 36.9 Å². The van der Waals surface area contributed by atoms with Gasteiger partial charge >= 0.3 is 0 Å². The van der Waals surface area contributed by atoms with E-state index in [1.54, 1.807) is 21.3 Å². The van der Waals surface area contributed by atoms with Gasteiger partial charge in [-0.15, -0.1) is 0 Å². The number of likely N-dealkylation sites (tertiary alicyclic amines) is 1. The van der Waals surface area contributed by atoms with Gasteiger partial charge in [-0.2, -0.15) is 0 Å². The average Bonchev–Trinajstić information content (AvgIpc) is 2.70. The molecule has 3 rings (SSSR count). The summed E-state index contributed by atoms with van der Waals surface area (Å²) >= 11 is 0. The maximum atomic E-state index is 5.62. The molecule has 0 unspecified atom stereocenters. The monoisotopic (exact) mass is 370 g/mol. The van der Waals surface area contributed by atoms with E-state index in [2.05, 4.69) is 47.5 Å². The summed E-state index contributed by atoms with van der Waals surface area (Å²) in [5, 5.41) is 3.70. The summed E-state index contributed by atoms with van der Waals surface area (Å²) in [6.45, 7) is 5.11. The van der Waals surface area contributed by atoms with Crippen LogP contribution in [-0.2, 0) is 6.54 Å². The van der Waals surface area contributed by atoms with Gasteiger partial charge in [-0.1, -0.05) is 24.3 Å². The van der Waals surface area contributed by atoms with Gasteiger partial charge in [0.25, 0.3) is 0 Å². The van der Waals surface area contributed by atoms with Gasteiger partial charge in [0.05, 0.1) is 21.3 Å². The molecule has 5 nitrogen and oxygen atoms in total. The van der Waals surface area contributed by atoms with Gasteiger partial charge in [0.1, 0.15) is 0 Å². The highest BCUT2D eigenvalue weighted by Crippen LogP contribution is 2.40. The third kappa shape index (κ3) is 4.48. The van der Waals surface area contributed by atoms with Crippen molar-refractivity contribution in [1.82, 2.24) is 4.90 Å². The van der Waals surface area contributed by atoms with Crippen LogP contribution < -0.4 is 19.5 Å². The second kappa shape index (κ2) is 9.00. The first-order valence-electron chi connectivity index (χ1n) is 9.48. The zero-order valence-electron chi connectivity index (χ0n) is 16.7. The number of anilines is 1. The van der Waals surface area contributed by atoms with Crippen molar-refractivity contribution in [2.24, 2.45) is 0 Å². The quantitative estimate of drug-likeness (QED) is 0.795. The van der Waals surface area contributed by atoms with Gasteiger partial charge in [-0.3, -0.25) is 4.90 Å². The predicted molar refractivity (Wildman–Crippen MR) is 109 cm³/mol. The number of benzene rings is 2. The van der Waals surface area contributed by atoms with Crippen molar-refractivity contribution in [1.29, 1.82) is 0 Å². The number of ether oxygens (including phenoxy) is 3. The van der Waals surface area contributed by atoms with Crippen LogP contribution in [0.5, 0.6) is 17.2 Å². The molecular formula is C22H30N2O3. The number of piperidine rings is 1. The number of para-hydroxylation sites is 1. The van der Waals surface area contributed by atoms with Crippen LogP contribution in [0.4, 0.5) is 5.69 Å². The summed E-state index contributed by atoms with van der Waals surface area (Å²) in [7, 11) is 4.97. The van der Waals surface area contributed by atoms with Crippen LogP contribution in [0, 0.1) is 6.92 Å². The van der Waals surface area contributed by atoms with Crippen LogP contribution in [0.15, 0.2) is 36.4 Å². The zero-order valence-corrected chi connectivity index (χ0v) is 16.7. The first-order chi connectivity index (χ1) is 13.2. The number of hydrogen-bond acceptors (Lipinski definition) is 5. The summed E-state index contributed by atoms with van der Waals surface area (Å²) in [4.78, 5) is 2.47. The number of hydrogen-bond donors (Lipinski definition) is 1. The second-order valence-corrected chi connectivity index (χ2v) is 7.00. The molecule has 2 aromatic carbocycles. The number of nitrogens with zero attached hydrogens (tertiary/aromatic N) is 1. The molecule has 0 aliphatic carbocycles. The van der Waals surface area contributed by atoms with E-state index < -0.39 is 0 Å². The van der Waals surface area contributed by atoms with Crippen LogP contribution >= 0.6 is 0 Å². The Balaban J connectivity index is 1.62. The first-order valence-corrected chi connectivity index (χ1v) is 9.48. The Morgan fingerprint density at radius 2 is 1.63 bits per heavy atom. The Labute approximate surface area is 162 Å². The highest BCUT2D eigenvalue weighted by atomic mass is 16.5. The maximum Gasteiger partial charge on any atom is 0.203 e. The minimum absolute atomic E-state index is 0.523. The SMILES string of the molecule is COc1ccc(CN2CCC(Nc3ccccc3C)CC2)c(OC)c1OC. The lowest BCUT2D eigenvalue weighted by Crippen LogP contribution is -2.38. The molecule has 5 heteroatoms. The molecule has 0 bridgehead atoms. The molecule has 0 aromatic heterocycles. The minimum atomic E-state index is 0.523. The lowest BCUT2D eigenvalue weighted by molar-refractivity contribution is 0.208. The van der Waals surface area contributed by atoms with Crippen molar-refractivity contribution in [2.75, 3.05) is 39.7 Å². The first kappa shape index (κ1) is 19.4. The van der Waals surface area contributed by atoms with Crippen LogP contribution in [0.25, 0.3) is 0 Å². The fraction of sp³-hybridized carbons (Fsp3) is 0.455. The topological polar surface area (TPSA) is 43.0 Å². The second-order valence-electron chi connectivity index (χ2n) is 7.00. The third-order valence-corrected chi connectivity index (χ3v) is 5.27. The fourth-order valence-corrected chi connectivity index (χ4v) is 3.72. The Morgan fingerprint density at radius 1 is 0.926 bits per heavy atom. The highest BCUT2D eigenvalue weighted by Gasteiger charge is 2.22. The molecule has 27 heavy (non-hydrogen) atoms. The van der Waals surface area contributed by atoms with Crippen molar-refractivity contribution in [3.8, 4) is 17.2 Å². The molecule has 0 amide bonds. The molecule has 0 atom stereocenters. The standard InChI is InChI=1S/C22H30N2O3/c1-16-7-5-6-8-19(16)23-18-11-13-24(14-12-18)15-17-9-10-20(25-2)22(27-4)21(17)26-3/h5-10,18,23H,11-15H2,1-4H3. The molecule has 1 saturated heterocycles. The molecule has 1 heterocycles. The highest BCUT2D eigenvalue weighted by molar-refractivity contribution is 5.55. The molecule has 1 fully saturated rings. The van der Waals surface area contributed by atoms with Crippen molar-refractivity contribution >= 4 is 5.69 Å². The third-order valence-electron chi connectivity index (χ3n) is 5.27. The van der Waals surface area contributed by atoms with E-state index in [1.807, 2.05) is 6.07 Å². The van der Waals surface area contributed by atoms with E-state index >= 15 is 0 Å². The lowest BCUT2D eigenvalue weighted by Gasteiger charge is -2.33. The summed E-state index contributed by atoms with van der Waals surface area (Å²) in [5.41, 5.74) is 3.67. The molecule has 2 aromatic rings. The summed E-state index contributed by atoms with van der Waals surface area (Å²) in [6, 6.07) is 13.0. The summed E-state index contributed by atoms with van der Waals surface area (Å²) in [5.74, 6) is 2.12. The van der Waals surface area contributed by atoms with Gasteiger partial charge in [-0.05, 0) is 37.5 Å². The Morgan fingerprint density at radius 3 is 2.26 bits per heavy atom. The molecule has 1 N–H and O–H groups in total. The molecule has 1 aliphatic heterocycles. The van der Waals surface area contributed by atoms with E-state index in [1.165, 1.54) is 11.3 Å². The Bertz CT molecular complexity index is 755. The van der Waals surface area contributed by atoms with E-state index in [9.17, 15) is 0 Å². The molecule has 0 spiro atoms. The van der Waals surface area contributed by atoms with Crippen molar-refractivity contribution in [2.45, 2.75) is 32.4 Å². The van der Waals surface area contributed by atoms with Gasteiger partial charge in [0.15, 0.2) is 11.5 Å². The van der Waals surface area contributed by atoms with E-state index in [-0.39, 0.29) is 0 Å². The van der Waals surface area contributed by atoms with Crippen molar-refractivity contribution < 1.29 is 14.2 Å². The number of rotatable bonds is 7. The molecule has 146 valence electrons. The Hall–Kier alpha value is -2.40. The minimum Gasteiger partial charge on any atom is -0.493 e. The predicted octanol–water partition coefficient (Wildman–Crippen LogP) is 4.10. The summed E-state index contributed by atoms with van der Waals surface area (Å²) < 4.78 is 16.5. The maximum absolute atomic E-state index is 5.62. The Kier molecular flexibility index (Phi) is 6.45. The smallest absolute Gasteiger partial charge is 0.203 e. The number of nitrogens with one attached hydrogen (secondary N) is 1. The van der Waals surface area contributed by atoms with Crippen molar-refractivity contribution in [3.05, 3.63) is 47.5 Å². The molecule has 1 aliphatic rings. The van der Waals surface area contributed by atoms with Gasteiger partial charge in [0.2, 0.25) is 5.75 Å². The normalized spacial score (nSPS) is 15.4. The molecular weight excluding hydrogens is 340 g/mol. The van der Waals surface area contributed by atoms with Crippen LogP contribution in [0.2, 0.25) is 0 Å². The zero-order chi connectivity index (χ0) is 19.2. The van der Waals surface area contributed by atoms with E-state index in [0.717, 1.165) is 43.8 Å². The largest absolute Gasteiger partial charge is 0.493 e. The van der Waals surface area contributed by atoms with Crippen LogP contribution in [-0.4, -0.2) is 45.4 Å². The number of aryl methyl sites for hydroxylation is 1. The van der Waals surface area contributed by atoms with E-state index in [4.69, 9.17) is 14.2 Å². The van der Waals surface area contributed by atoms with Crippen LogP contribution in [0.3, 0.4) is 0 Å². The lowest BCUT2D eigenvalue weighted by atomic mass is 10.0. The van der Waals surface area contributed by atoms with Crippen LogP contribution in [0.1, 0.15) is 24.0 Å². The van der Waals surface area contributed by atoms with Gasteiger partial charge in [-0.25, -0.2) is 0 Å². The van der Waals surface area contributed by atoms with E-state index in [0.29, 0.717) is 17.5 Å². The summed E-state index contributed by atoms with van der Waals surface area (Å²) in [6.07, 6.45) is 2.26. The van der Waals surface area contributed by atoms with Gasteiger partial charge < -0.3 is 19.5 Å². The average molecular weight is 370 g/mol. The molecule has 0 radical (unpaired) electrons. The number of methoxy groups -OCH3 is 3. The van der Waals surface area contributed by atoms with Crippen molar-refractivity contribution in [3.63, 3.8) is 0 Å².